The number of carbonyl (C=O) groups is 1. The monoisotopic (exact) mass is 338 g/mol. The zero-order valence-electron chi connectivity index (χ0n) is 14.8. The molecule has 0 bridgehead atoms. The van der Waals surface area contributed by atoms with Crippen molar-refractivity contribution in [1.29, 1.82) is 0 Å². The number of aromatic nitrogens is 2. The molecule has 2 aliphatic rings. The van der Waals surface area contributed by atoms with Crippen molar-refractivity contribution in [2.75, 3.05) is 13.1 Å². The molecule has 1 aliphatic carbocycles. The lowest BCUT2D eigenvalue weighted by molar-refractivity contribution is 0.0944. The van der Waals surface area contributed by atoms with E-state index in [1.54, 1.807) is 0 Å². The molecule has 0 radical (unpaired) electrons. The van der Waals surface area contributed by atoms with Crippen LogP contribution in [0.25, 0.3) is 5.69 Å². The highest BCUT2D eigenvalue weighted by Gasteiger charge is 2.27. The lowest BCUT2D eigenvalue weighted by Gasteiger charge is -2.11. The number of aryl methyl sites for hydroxylation is 1. The van der Waals surface area contributed by atoms with Crippen LogP contribution in [0.2, 0.25) is 0 Å². The fourth-order valence-corrected chi connectivity index (χ4v) is 3.94. The van der Waals surface area contributed by atoms with Gasteiger partial charge in [-0.15, -0.1) is 0 Å². The average molecular weight is 338 g/mol. The molecule has 1 aromatic carbocycles. The molecule has 0 spiro atoms. The van der Waals surface area contributed by atoms with E-state index in [0.717, 1.165) is 49.9 Å². The van der Waals surface area contributed by atoms with Gasteiger partial charge in [-0.25, -0.2) is 4.68 Å². The maximum Gasteiger partial charge on any atom is 0.272 e. The highest BCUT2D eigenvalue weighted by atomic mass is 16.2. The van der Waals surface area contributed by atoms with Crippen LogP contribution < -0.4 is 10.6 Å². The standard InChI is InChI=1S/C20H26N4O/c1-2-14-8-10-16(11-9-14)24-18-7-3-6-17(18)19(23-24)20(25)22-13-15-5-4-12-21-15/h8-11,15,21H,2-7,12-13H2,1H3,(H,22,25). The van der Waals surface area contributed by atoms with Gasteiger partial charge in [0.1, 0.15) is 0 Å². The van der Waals surface area contributed by atoms with Crippen LogP contribution >= 0.6 is 0 Å². The van der Waals surface area contributed by atoms with Gasteiger partial charge in [0, 0.05) is 23.8 Å². The van der Waals surface area contributed by atoms with Gasteiger partial charge in [0.05, 0.1) is 5.69 Å². The van der Waals surface area contributed by atoms with Crippen LogP contribution in [0.1, 0.15) is 53.5 Å². The molecule has 1 fully saturated rings. The zero-order chi connectivity index (χ0) is 17.2. The van der Waals surface area contributed by atoms with Crippen LogP contribution in [0.3, 0.4) is 0 Å². The molecule has 0 saturated carbocycles. The Morgan fingerprint density at radius 1 is 1.28 bits per heavy atom. The lowest BCUT2D eigenvalue weighted by atomic mass is 10.1. The van der Waals surface area contributed by atoms with Gasteiger partial charge in [-0.2, -0.15) is 5.10 Å². The predicted octanol–water partition coefficient (Wildman–Crippen LogP) is 2.41. The molecule has 5 heteroatoms. The minimum absolute atomic E-state index is 0.0317. The fraction of sp³-hybridized carbons (Fsp3) is 0.500. The molecule has 25 heavy (non-hydrogen) atoms. The number of hydrogen-bond acceptors (Lipinski definition) is 3. The van der Waals surface area contributed by atoms with E-state index in [0.29, 0.717) is 18.3 Å². The number of nitrogens with one attached hydrogen (secondary N) is 2. The summed E-state index contributed by atoms with van der Waals surface area (Å²) in [4.78, 5) is 12.7. The molecular formula is C20H26N4O. The second-order valence-electron chi connectivity index (χ2n) is 7.06. The normalized spacial score (nSPS) is 19.2. The van der Waals surface area contributed by atoms with Crippen LogP contribution in [0.15, 0.2) is 24.3 Å². The number of amides is 1. The van der Waals surface area contributed by atoms with Gasteiger partial charge in [-0.1, -0.05) is 19.1 Å². The van der Waals surface area contributed by atoms with Crippen molar-refractivity contribution in [1.82, 2.24) is 20.4 Å². The van der Waals surface area contributed by atoms with E-state index in [4.69, 9.17) is 0 Å². The van der Waals surface area contributed by atoms with Crippen LogP contribution in [-0.2, 0) is 19.3 Å². The smallest absolute Gasteiger partial charge is 0.272 e. The summed E-state index contributed by atoms with van der Waals surface area (Å²) in [5.41, 5.74) is 5.32. The van der Waals surface area contributed by atoms with Crippen molar-refractivity contribution < 1.29 is 4.79 Å². The van der Waals surface area contributed by atoms with Gasteiger partial charge in [0.15, 0.2) is 5.69 Å². The molecule has 1 atom stereocenters. The second kappa shape index (κ2) is 7.00. The summed E-state index contributed by atoms with van der Waals surface area (Å²) in [6.07, 6.45) is 6.40. The highest BCUT2D eigenvalue weighted by molar-refractivity contribution is 5.94. The first kappa shape index (κ1) is 16.3. The first-order valence-electron chi connectivity index (χ1n) is 9.48. The topological polar surface area (TPSA) is 59.0 Å². The number of fused-ring (bicyclic) bond motifs is 1. The predicted molar refractivity (Wildman–Crippen MR) is 98.3 cm³/mol. The van der Waals surface area contributed by atoms with Crippen LogP contribution in [0, 0.1) is 0 Å². The Balaban J connectivity index is 1.57. The summed E-state index contributed by atoms with van der Waals surface area (Å²) in [5.74, 6) is -0.0317. The molecule has 1 amide bonds. The highest BCUT2D eigenvalue weighted by Crippen LogP contribution is 2.28. The Labute approximate surface area is 148 Å². The van der Waals surface area contributed by atoms with Gasteiger partial charge in [0.2, 0.25) is 0 Å². The Hall–Kier alpha value is -2.14. The third-order valence-corrected chi connectivity index (χ3v) is 5.41. The Bertz CT molecular complexity index is 757. The Morgan fingerprint density at radius 3 is 2.84 bits per heavy atom. The second-order valence-corrected chi connectivity index (χ2v) is 7.06. The number of hydrogen-bond donors (Lipinski definition) is 2. The van der Waals surface area contributed by atoms with E-state index in [9.17, 15) is 4.79 Å². The molecule has 2 aromatic rings. The van der Waals surface area contributed by atoms with Gasteiger partial charge in [-0.3, -0.25) is 4.79 Å². The first-order valence-corrected chi connectivity index (χ1v) is 9.48. The average Bonchev–Trinajstić information content (AvgIpc) is 3.37. The molecule has 2 N–H and O–H groups in total. The zero-order valence-corrected chi connectivity index (χ0v) is 14.8. The Morgan fingerprint density at radius 2 is 2.12 bits per heavy atom. The molecule has 2 heterocycles. The van der Waals surface area contributed by atoms with E-state index in [1.807, 2.05) is 4.68 Å². The number of nitrogens with zero attached hydrogens (tertiary/aromatic N) is 2. The number of carbonyl (C=O) groups excluding carboxylic acids is 1. The largest absolute Gasteiger partial charge is 0.349 e. The van der Waals surface area contributed by atoms with Gasteiger partial charge in [0.25, 0.3) is 5.91 Å². The van der Waals surface area contributed by atoms with Crippen molar-refractivity contribution in [3.63, 3.8) is 0 Å². The van der Waals surface area contributed by atoms with Crippen molar-refractivity contribution in [2.45, 2.75) is 51.5 Å². The van der Waals surface area contributed by atoms with E-state index in [-0.39, 0.29) is 5.91 Å². The Kier molecular flexibility index (Phi) is 4.57. The molecule has 1 unspecified atom stereocenters. The number of benzene rings is 1. The van der Waals surface area contributed by atoms with Crippen molar-refractivity contribution in [3.05, 3.63) is 46.8 Å². The molecule has 1 aliphatic heterocycles. The van der Waals surface area contributed by atoms with E-state index in [2.05, 4.69) is 46.9 Å². The molecule has 132 valence electrons. The van der Waals surface area contributed by atoms with Crippen LogP contribution in [-0.4, -0.2) is 34.8 Å². The van der Waals surface area contributed by atoms with E-state index < -0.39 is 0 Å². The molecule has 5 nitrogen and oxygen atoms in total. The van der Waals surface area contributed by atoms with Crippen molar-refractivity contribution in [3.8, 4) is 5.69 Å². The summed E-state index contributed by atoms with van der Waals surface area (Å²) in [5, 5.41) is 11.2. The van der Waals surface area contributed by atoms with E-state index in [1.165, 1.54) is 17.7 Å². The summed E-state index contributed by atoms with van der Waals surface area (Å²) < 4.78 is 1.98. The van der Waals surface area contributed by atoms with Crippen LogP contribution in [0.4, 0.5) is 0 Å². The van der Waals surface area contributed by atoms with Crippen molar-refractivity contribution >= 4 is 5.91 Å². The lowest BCUT2D eigenvalue weighted by Crippen LogP contribution is -2.37. The quantitative estimate of drug-likeness (QED) is 0.880. The van der Waals surface area contributed by atoms with Gasteiger partial charge < -0.3 is 10.6 Å². The van der Waals surface area contributed by atoms with Gasteiger partial charge >= 0.3 is 0 Å². The SMILES string of the molecule is CCc1ccc(-n2nc(C(=O)NCC3CCCN3)c3c2CCC3)cc1. The summed E-state index contributed by atoms with van der Waals surface area (Å²) in [6.45, 7) is 3.90. The summed E-state index contributed by atoms with van der Waals surface area (Å²) in [7, 11) is 0. The molecular weight excluding hydrogens is 312 g/mol. The molecule has 1 aromatic heterocycles. The maximum atomic E-state index is 12.7. The summed E-state index contributed by atoms with van der Waals surface area (Å²) >= 11 is 0. The fourth-order valence-electron chi connectivity index (χ4n) is 3.94. The minimum atomic E-state index is -0.0317. The third-order valence-electron chi connectivity index (χ3n) is 5.41. The van der Waals surface area contributed by atoms with Gasteiger partial charge in [-0.05, 0) is 62.8 Å². The molecule has 1 saturated heterocycles. The minimum Gasteiger partial charge on any atom is -0.349 e. The maximum absolute atomic E-state index is 12.7. The first-order chi connectivity index (χ1) is 12.3. The molecule has 4 rings (SSSR count). The van der Waals surface area contributed by atoms with Crippen molar-refractivity contribution in [2.24, 2.45) is 0 Å². The summed E-state index contributed by atoms with van der Waals surface area (Å²) in [6, 6.07) is 8.90. The van der Waals surface area contributed by atoms with Crippen LogP contribution in [0.5, 0.6) is 0 Å². The van der Waals surface area contributed by atoms with E-state index >= 15 is 0 Å². The third kappa shape index (κ3) is 3.21. The number of rotatable bonds is 5.